The van der Waals surface area contributed by atoms with Crippen LogP contribution in [0.4, 0.5) is 0 Å². The molecule has 2 aromatic carbocycles. The van der Waals surface area contributed by atoms with Crippen LogP contribution in [-0.2, 0) is 17.9 Å². The lowest BCUT2D eigenvalue weighted by Crippen LogP contribution is -2.32. The summed E-state index contributed by atoms with van der Waals surface area (Å²) in [7, 11) is 0. The van der Waals surface area contributed by atoms with Gasteiger partial charge in [-0.05, 0) is 30.2 Å². The Morgan fingerprint density at radius 3 is 2.57 bits per heavy atom. The van der Waals surface area contributed by atoms with Crippen LogP contribution in [0.3, 0.4) is 0 Å². The van der Waals surface area contributed by atoms with Gasteiger partial charge in [0.2, 0.25) is 5.91 Å². The predicted molar refractivity (Wildman–Crippen MR) is 92.0 cm³/mol. The second-order valence-corrected chi connectivity index (χ2v) is 5.78. The Balaban J connectivity index is 1.83. The number of carbonyl (C=O) groups excluding carboxylic acids is 1. The Hall–Kier alpha value is -2.33. The zero-order valence-corrected chi connectivity index (χ0v) is 13.7. The maximum Gasteiger partial charge on any atom is 0.224 e. The van der Waals surface area contributed by atoms with Gasteiger partial charge in [-0.25, -0.2) is 0 Å². The Kier molecular flexibility index (Phi) is 6.18. The molecular weight excluding hydrogens is 288 g/mol. The molecule has 4 nitrogen and oxygen atoms in total. The molecule has 23 heavy (non-hydrogen) atoms. The largest absolute Gasteiger partial charge is 0.489 e. The van der Waals surface area contributed by atoms with Gasteiger partial charge in [0.05, 0.1) is 0 Å². The standard InChI is InChI=1S/C19H24N2O2/c1-14-4-3-5-17(10-14)13-23-18-8-6-16(7-9-18)12-21-19(22)15(2)11-20/h3-10,15H,11-13,20H2,1-2H3,(H,21,22). The number of ether oxygens (including phenoxy) is 1. The molecule has 0 spiro atoms. The molecule has 1 atom stereocenters. The number of hydrogen-bond donors (Lipinski definition) is 2. The molecule has 1 unspecified atom stereocenters. The predicted octanol–water partition coefficient (Wildman–Crippen LogP) is 2.79. The second kappa shape index (κ2) is 8.34. The van der Waals surface area contributed by atoms with Crippen LogP contribution in [0, 0.1) is 12.8 Å². The summed E-state index contributed by atoms with van der Waals surface area (Å²) in [5, 5.41) is 2.87. The van der Waals surface area contributed by atoms with E-state index in [9.17, 15) is 4.79 Å². The first-order valence-corrected chi connectivity index (χ1v) is 7.83. The van der Waals surface area contributed by atoms with E-state index in [1.54, 1.807) is 0 Å². The average Bonchev–Trinajstić information content (AvgIpc) is 2.58. The molecule has 1 amide bonds. The van der Waals surface area contributed by atoms with E-state index in [0.29, 0.717) is 19.7 Å². The first-order chi connectivity index (χ1) is 11.1. The fourth-order valence-corrected chi connectivity index (χ4v) is 2.14. The third kappa shape index (κ3) is 5.42. The van der Waals surface area contributed by atoms with Crippen molar-refractivity contribution in [3.8, 4) is 5.75 Å². The quantitative estimate of drug-likeness (QED) is 0.826. The smallest absolute Gasteiger partial charge is 0.224 e. The van der Waals surface area contributed by atoms with E-state index in [4.69, 9.17) is 10.5 Å². The van der Waals surface area contributed by atoms with Gasteiger partial charge < -0.3 is 15.8 Å². The number of nitrogens with one attached hydrogen (secondary N) is 1. The first kappa shape index (κ1) is 17.0. The summed E-state index contributed by atoms with van der Waals surface area (Å²) < 4.78 is 5.78. The number of aryl methyl sites for hydroxylation is 1. The van der Waals surface area contributed by atoms with E-state index in [0.717, 1.165) is 16.9 Å². The van der Waals surface area contributed by atoms with Crippen LogP contribution in [0.15, 0.2) is 48.5 Å². The third-order valence-corrected chi connectivity index (χ3v) is 3.68. The van der Waals surface area contributed by atoms with Crippen LogP contribution < -0.4 is 15.8 Å². The maximum absolute atomic E-state index is 11.7. The van der Waals surface area contributed by atoms with Crippen molar-refractivity contribution in [2.24, 2.45) is 11.7 Å². The van der Waals surface area contributed by atoms with Gasteiger partial charge in [0.25, 0.3) is 0 Å². The number of benzene rings is 2. The summed E-state index contributed by atoms with van der Waals surface area (Å²) in [5.41, 5.74) is 8.88. The lowest BCUT2D eigenvalue weighted by atomic mass is 10.1. The molecule has 2 rings (SSSR count). The van der Waals surface area contributed by atoms with Gasteiger partial charge in [0.1, 0.15) is 12.4 Å². The second-order valence-electron chi connectivity index (χ2n) is 5.78. The van der Waals surface area contributed by atoms with Crippen molar-refractivity contribution >= 4 is 5.91 Å². The fourth-order valence-electron chi connectivity index (χ4n) is 2.14. The van der Waals surface area contributed by atoms with Crippen molar-refractivity contribution in [3.05, 3.63) is 65.2 Å². The minimum Gasteiger partial charge on any atom is -0.489 e. The summed E-state index contributed by atoms with van der Waals surface area (Å²) in [6, 6.07) is 16.0. The zero-order chi connectivity index (χ0) is 16.7. The van der Waals surface area contributed by atoms with Gasteiger partial charge in [-0.3, -0.25) is 4.79 Å². The molecule has 0 aliphatic rings. The fraction of sp³-hybridized carbons (Fsp3) is 0.316. The minimum absolute atomic E-state index is 0.0210. The Morgan fingerprint density at radius 2 is 1.91 bits per heavy atom. The normalized spacial score (nSPS) is 11.8. The van der Waals surface area contributed by atoms with Crippen molar-refractivity contribution in [2.75, 3.05) is 6.54 Å². The number of hydrogen-bond acceptors (Lipinski definition) is 3. The topological polar surface area (TPSA) is 64.3 Å². The van der Waals surface area contributed by atoms with Gasteiger partial charge in [-0.15, -0.1) is 0 Å². The minimum atomic E-state index is -0.160. The third-order valence-electron chi connectivity index (χ3n) is 3.68. The van der Waals surface area contributed by atoms with E-state index >= 15 is 0 Å². The monoisotopic (exact) mass is 312 g/mol. The van der Waals surface area contributed by atoms with E-state index in [2.05, 4.69) is 30.4 Å². The molecular formula is C19H24N2O2. The number of amides is 1. The molecule has 0 heterocycles. The van der Waals surface area contributed by atoms with Crippen LogP contribution in [0.1, 0.15) is 23.6 Å². The molecule has 3 N–H and O–H groups in total. The maximum atomic E-state index is 11.7. The first-order valence-electron chi connectivity index (χ1n) is 7.83. The molecule has 0 aliphatic heterocycles. The summed E-state index contributed by atoms with van der Waals surface area (Å²) >= 11 is 0. The van der Waals surface area contributed by atoms with Gasteiger partial charge in [0, 0.05) is 19.0 Å². The molecule has 0 saturated carbocycles. The van der Waals surface area contributed by atoms with Crippen LogP contribution in [0.5, 0.6) is 5.75 Å². The van der Waals surface area contributed by atoms with Crippen LogP contribution >= 0.6 is 0 Å². The van der Waals surface area contributed by atoms with Gasteiger partial charge in [0.15, 0.2) is 0 Å². The van der Waals surface area contributed by atoms with Crippen molar-refractivity contribution in [1.29, 1.82) is 0 Å². The molecule has 122 valence electrons. The molecule has 0 bridgehead atoms. The molecule has 0 saturated heterocycles. The summed E-state index contributed by atoms with van der Waals surface area (Å²) in [6.07, 6.45) is 0. The highest BCUT2D eigenvalue weighted by Gasteiger charge is 2.09. The zero-order valence-electron chi connectivity index (χ0n) is 13.7. The van der Waals surface area contributed by atoms with Crippen molar-refractivity contribution in [2.45, 2.75) is 27.0 Å². The van der Waals surface area contributed by atoms with E-state index in [1.807, 2.05) is 37.3 Å². The molecule has 0 aliphatic carbocycles. The van der Waals surface area contributed by atoms with Crippen LogP contribution in [0.25, 0.3) is 0 Å². The van der Waals surface area contributed by atoms with Crippen molar-refractivity contribution < 1.29 is 9.53 Å². The lowest BCUT2D eigenvalue weighted by Gasteiger charge is -2.11. The molecule has 0 radical (unpaired) electrons. The van der Waals surface area contributed by atoms with Crippen LogP contribution in [0.2, 0.25) is 0 Å². The number of rotatable bonds is 7. The lowest BCUT2D eigenvalue weighted by molar-refractivity contribution is -0.124. The van der Waals surface area contributed by atoms with Crippen molar-refractivity contribution in [3.63, 3.8) is 0 Å². The summed E-state index contributed by atoms with van der Waals surface area (Å²) in [6.45, 7) is 5.29. The van der Waals surface area contributed by atoms with Gasteiger partial charge in [-0.2, -0.15) is 0 Å². The molecule has 4 heteroatoms. The van der Waals surface area contributed by atoms with Gasteiger partial charge in [-0.1, -0.05) is 48.9 Å². The molecule has 0 aromatic heterocycles. The number of nitrogens with two attached hydrogens (primary N) is 1. The van der Waals surface area contributed by atoms with E-state index in [-0.39, 0.29) is 11.8 Å². The Bertz CT molecular complexity index is 638. The highest BCUT2D eigenvalue weighted by molar-refractivity contribution is 5.78. The van der Waals surface area contributed by atoms with E-state index in [1.165, 1.54) is 5.56 Å². The number of carbonyl (C=O) groups is 1. The van der Waals surface area contributed by atoms with Crippen LogP contribution in [-0.4, -0.2) is 12.5 Å². The SMILES string of the molecule is Cc1cccc(COc2ccc(CNC(=O)C(C)CN)cc2)c1. The summed E-state index contributed by atoms with van der Waals surface area (Å²) in [5.74, 6) is 0.635. The van der Waals surface area contributed by atoms with E-state index < -0.39 is 0 Å². The van der Waals surface area contributed by atoms with Gasteiger partial charge >= 0.3 is 0 Å². The molecule has 0 fully saturated rings. The highest BCUT2D eigenvalue weighted by atomic mass is 16.5. The summed E-state index contributed by atoms with van der Waals surface area (Å²) in [4.78, 5) is 11.7. The Morgan fingerprint density at radius 1 is 1.17 bits per heavy atom. The average molecular weight is 312 g/mol. The highest BCUT2D eigenvalue weighted by Crippen LogP contribution is 2.15. The van der Waals surface area contributed by atoms with Crippen molar-refractivity contribution in [1.82, 2.24) is 5.32 Å². The molecule has 2 aromatic rings. The Labute approximate surface area is 137 Å².